The molecule has 0 aliphatic heterocycles. The first-order chi connectivity index (χ1) is 3.12. The first kappa shape index (κ1) is 16.4. The zero-order chi connectivity index (χ0) is 5.91. The van der Waals surface area contributed by atoms with Crippen molar-refractivity contribution in [2.45, 2.75) is 32.7 Å². The summed E-state index contributed by atoms with van der Waals surface area (Å²) in [6.07, 6.45) is 1.13. The van der Waals surface area contributed by atoms with E-state index in [0.717, 1.165) is 6.42 Å². The van der Waals surface area contributed by atoms with Gasteiger partial charge >= 0.3 is 23.1 Å². The van der Waals surface area contributed by atoms with Crippen molar-refractivity contribution >= 4 is 23.1 Å². The zero-order valence-electron chi connectivity index (χ0n) is 8.36. The van der Waals surface area contributed by atoms with Gasteiger partial charge in [-0.25, -0.2) is 0 Å². The van der Waals surface area contributed by atoms with E-state index in [4.69, 9.17) is 0 Å². The third kappa shape index (κ3) is 8.73. The molecule has 0 aromatic heterocycles. The second-order valence-corrected chi connectivity index (χ2v) is 2.39. The molecule has 0 saturated carbocycles. The van der Waals surface area contributed by atoms with E-state index < -0.39 is 0 Å². The Bertz CT molecular complexity index is 51.6. The van der Waals surface area contributed by atoms with Crippen LogP contribution in [0, 0.1) is 7.43 Å². The molecular weight excluding hydrogens is 122 g/mol. The molecule has 0 amide bonds. The van der Waals surface area contributed by atoms with Crippen molar-refractivity contribution in [3.05, 3.63) is 12.7 Å². The fourth-order valence-corrected chi connectivity index (χ4v) is 0.158. The first-order valence-corrected chi connectivity index (χ1v) is 2.73. The molecule has 0 unspecified atom stereocenters. The van der Waals surface area contributed by atoms with Crippen molar-refractivity contribution in [2.75, 3.05) is 7.05 Å². The van der Waals surface area contributed by atoms with E-state index in [1.165, 1.54) is 0 Å². The molecular formula is C7H18MgN-. The van der Waals surface area contributed by atoms with Gasteiger partial charge in [0.1, 0.15) is 0 Å². The van der Waals surface area contributed by atoms with E-state index in [2.05, 4.69) is 26.1 Å². The molecule has 0 saturated heterocycles. The molecule has 0 heterocycles. The third-order valence-corrected chi connectivity index (χ3v) is 1.47. The molecule has 1 nitrogen and oxygen atoms in total. The maximum Gasteiger partial charge on any atom is 2.00 e. The van der Waals surface area contributed by atoms with Crippen LogP contribution in [0.25, 0.3) is 5.32 Å². The fraction of sp³-hybridized carbons (Fsp3) is 0.857. The molecule has 9 heavy (non-hydrogen) atoms. The van der Waals surface area contributed by atoms with E-state index in [-0.39, 0.29) is 37.4 Å². The van der Waals surface area contributed by atoms with Crippen LogP contribution in [0.15, 0.2) is 0 Å². The molecule has 0 aromatic rings. The van der Waals surface area contributed by atoms with Crippen LogP contribution in [0.4, 0.5) is 0 Å². The van der Waals surface area contributed by atoms with Gasteiger partial charge in [0, 0.05) is 0 Å². The Morgan fingerprint density at radius 3 is 1.78 bits per heavy atom. The van der Waals surface area contributed by atoms with Gasteiger partial charge in [-0.05, 0) is 0 Å². The van der Waals surface area contributed by atoms with Crippen molar-refractivity contribution < 1.29 is 1.43 Å². The van der Waals surface area contributed by atoms with Gasteiger partial charge < -0.3 is 14.2 Å². The smallest absolute Gasteiger partial charge is 1.00 e. The Labute approximate surface area is 77.2 Å². The SMILES string of the molecule is CCC(C)(C)[N-]C.[CH3-].[H-].[Mg+2]. The van der Waals surface area contributed by atoms with E-state index >= 15 is 0 Å². The van der Waals surface area contributed by atoms with Crippen LogP contribution in [0.2, 0.25) is 0 Å². The van der Waals surface area contributed by atoms with Crippen molar-refractivity contribution in [1.29, 1.82) is 0 Å². The van der Waals surface area contributed by atoms with Crippen LogP contribution in [-0.2, 0) is 0 Å². The van der Waals surface area contributed by atoms with Gasteiger partial charge in [0.25, 0.3) is 0 Å². The van der Waals surface area contributed by atoms with Gasteiger partial charge in [0.15, 0.2) is 0 Å². The minimum atomic E-state index is 0. The molecule has 0 rings (SSSR count). The van der Waals surface area contributed by atoms with Crippen molar-refractivity contribution in [3.63, 3.8) is 0 Å². The standard InChI is InChI=1S/C6H14N.CH3.Mg.H/c1-5-6(2,3)7-4;;;/h5H2,1-4H3;1H3;;/q2*-1;+2;-1. The third-order valence-electron chi connectivity index (χ3n) is 1.47. The molecule has 0 radical (unpaired) electrons. The molecule has 0 N–H and O–H groups in total. The van der Waals surface area contributed by atoms with Gasteiger partial charge in [-0.15, -0.1) is 5.54 Å². The number of hydrogen-bond acceptors (Lipinski definition) is 0. The van der Waals surface area contributed by atoms with Crippen LogP contribution in [0.3, 0.4) is 0 Å². The number of rotatable bonds is 2. The largest absolute Gasteiger partial charge is 2.00 e. The minimum Gasteiger partial charge on any atom is -1.00 e. The summed E-state index contributed by atoms with van der Waals surface area (Å²) in [7, 11) is 1.86. The van der Waals surface area contributed by atoms with E-state index in [1.54, 1.807) is 0 Å². The van der Waals surface area contributed by atoms with Crippen molar-refractivity contribution in [1.82, 2.24) is 0 Å². The molecule has 0 fully saturated rings. The topological polar surface area (TPSA) is 14.1 Å². The molecule has 0 aliphatic carbocycles. The van der Waals surface area contributed by atoms with Crippen LogP contribution < -0.4 is 0 Å². The molecule has 0 bridgehead atoms. The predicted octanol–water partition coefficient (Wildman–Crippen LogP) is 2.36. The van der Waals surface area contributed by atoms with Gasteiger partial charge in [0.05, 0.1) is 0 Å². The van der Waals surface area contributed by atoms with Gasteiger partial charge in [-0.2, -0.15) is 7.05 Å². The van der Waals surface area contributed by atoms with Crippen LogP contribution in [-0.4, -0.2) is 35.6 Å². The molecule has 0 spiro atoms. The van der Waals surface area contributed by atoms with Crippen LogP contribution in [0.1, 0.15) is 28.6 Å². The van der Waals surface area contributed by atoms with Gasteiger partial charge in [-0.1, -0.05) is 27.2 Å². The zero-order valence-corrected chi connectivity index (χ0v) is 8.78. The summed E-state index contributed by atoms with van der Waals surface area (Å²) in [6.45, 7) is 6.41. The minimum absolute atomic E-state index is 0. The van der Waals surface area contributed by atoms with Crippen LogP contribution >= 0.6 is 0 Å². The van der Waals surface area contributed by atoms with Crippen molar-refractivity contribution in [3.8, 4) is 0 Å². The summed E-state index contributed by atoms with van der Waals surface area (Å²) in [6, 6.07) is 0. The first-order valence-electron chi connectivity index (χ1n) is 2.73. The Kier molecular flexibility index (Phi) is 12.4. The summed E-state index contributed by atoms with van der Waals surface area (Å²) in [4.78, 5) is 0. The predicted molar refractivity (Wildman–Crippen MR) is 46.9 cm³/mol. The Morgan fingerprint density at radius 1 is 1.44 bits per heavy atom. The fourth-order valence-electron chi connectivity index (χ4n) is 0.158. The summed E-state index contributed by atoms with van der Waals surface area (Å²) in [5.74, 6) is 0. The molecule has 0 aromatic carbocycles. The average Bonchev–Trinajstić information content (AvgIpc) is 1.68. The summed E-state index contributed by atoms with van der Waals surface area (Å²) in [5.41, 5.74) is 0.208. The summed E-state index contributed by atoms with van der Waals surface area (Å²) < 4.78 is 0. The Hall–Kier alpha value is 0.726. The number of hydrogen-bond donors (Lipinski definition) is 0. The van der Waals surface area contributed by atoms with E-state index in [0.29, 0.717) is 0 Å². The summed E-state index contributed by atoms with van der Waals surface area (Å²) in [5, 5.41) is 4.14. The second kappa shape index (κ2) is 6.84. The van der Waals surface area contributed by atoms with Gasteiger partial charge in [0.2, 0.25) is 0 Å². The Morgan fingerprint density at radius 2 is 1.78 bits per heavy atom. The normalized spacial score (nSPS) is 9.33. The second-order valence-electron chi connectivity index (χ2n) is 2.39. The van der Waals surface area contributed by atoms with Crippen molar-refractivity contribution in [2.24, 2.45) is 0 Å². The van der Waals surface area contributed by atoms with E-state index in [9.17, 15) is 0 Å². The maximum atomic E-state index is 4.14. The monoisotopic (exact) mass is 140 g/mol. The summed E-state index contributed by atoms with van der Waals surface area (Å²) >= 11 is 0. The van der Waals surface area contributed by atoms with E-state index in [1.807, 2.05) is 7.05 Å². The molecule has 2 heteroatoms. The molecule has 0 atom stereocenters. The Balaban J connectivity index is -0.0000000600. The average molecular weight is 141 g/mol. The van der Waals surface area contributed by atoms with Crippen LogP contribution in [0.5, 0.6) is 0 Å². The molecule has 0 aliphatic rings. The maximum absolute atomic E-state index is 4.14. The quantitative estimate of drug-likeness (QED) is 0.413. The van der Waals surface area contributed by atoms with Gasteiger partial charge in [-0.3, -0.25) is 0 Å². The number of nitrogens with zero attached hydrogens (tertiary/aromatic N) is 1. The molecule has 54 valence electrons.